The lowest BCUT2D eigenvalue weighted by Crippen LogP contribution is -2.35. The third kappa shape index (κ3) is 6.39. The third-order valence-electron chi connectivity index (χ3n) is 5.78. The Hall–Kier alpha value is -3.40. The monoisotopic (exact) mass is 495 g/mol. The molecule has 4 rings (SSSR count). The maximum atomic E-state index is 13.1. The number of carbonyl (C=O) groups excluding carboxylic acids is 1. The van der Waals surface area contributed by atoms with Gasteiger partial charge in [-0.15, -0.1) is 0 Å². The molecule has 1 amide bonds. The molecule has 1 heterocycles. The number of amides is 1. The zero-order valence-corrected chi connectivity index (χ0v) is 20.6. The number of nitrogens with one attached hydrogen (secondary N) is 2. The second-order valence-corrected chi connectivity index (χ2v) is 10.0. The molecule has 0 aromatic heterocycles. The topological polar surface area (TPSA) is 97.0 Å². The fourth-order valence-electron chi connectivity index (χ4n) is 3.87. The molecule has 3 aromatic carbocycles. The smallest absolute Gasteiger partial charge is 0.262 e. The van der Waals surface area contributed by atoms with Crippen molar-refractivity contribution in [2.45, 2.75) is 18.4 Å². The molecule has 0 spiro atoms. The fraction of sp³-hybridized carbons (Fsp3) is 0.269. The highest BCUT2D eigenvalue weighted by Gasteiger charge is 2.19. The number of morpholine rings is 1. The van der Waals surface area contributed by atoms with Crippen molar-refractivity contribution in [3.63, 3.8) is 0 Å². The van der Waals surface area contributed by atoms with E-state index in [9.17, 15) is 13.2 Å². The summed E-state index contributed by atoms with van der Waals surface area (Å²) in [5.41, 5.74) is 2.93. The van der Waals surface area contributed by atoms with E-state index < -0.39 is 10.0 Å². The number of hydrogen-bond donors (Lipinski definition) is 2. The van der Waals surface area contributed by atoms with E-state index >= 15 is 0 Å². The molecule has 1 saturated heterocycles. The second kappa shape index (κ2) is 10.9. The lowest BCUT2D eigenvalue weighted by molar-refractivity contribution is 0.0342. The molecule has 8 nitrogen and oxygen atoms in total. The zero-order valence-electron chi connectivity index (χ0n) is 19.8. The van der Waals surface area contributed by atoms with E-state index in [2.05, 4.69) is 14.9 Å². The van der Waals surface area contributed by atoms with E-state index in [0.717, 1.165) is 25.2 Å². The fourth-order valence-corrected chi connectivity index (χ4v) is 5.20. The number of rotatable bonds is 8. The van der Waals surface area contributed by atoms with Gasteiger partial charge in [-0.2, -0.15) is 0 Å². The number of hydrogen-bond acceptors (Lipinski definition) is 6. The molecule has 1 fully saturated rings. The normalized spacial score (nSPS) is 14.3. The molecule has 1 aliphatic rings. The number of aryl methyl sites for hydroxylation is 1. The highest BCUT2D eigenvalue weighted by molar-refractivity contribution is 7.92. The predicted octanol–water partition coefficient (Wildman–Crippen LogP) is 3.89. The zero-order chi connectivity index (χ0) is 24.8. The van der Waals surface area contributed by atoms with Gasteiger partial charge in [-0.25, -0.2) is 8.42 Å². The summed E-state index contributed by atoms with van der Waals surface area (Å²) in [6.45, 7) is 5.61. The summed E-state index contributed by atoms with van der Waals surface area (Å²) < 4.78 is 39.2. The molecular formula is C26H29N3O5S. The number of ether oxygens (including phenoxy) is 2. The molecule has 0 aliphatic carbocycles. The van der Waals surface area contributed by atoms with Crippen molar-refractivity contribution in [3.05, 3.63) is 83.4 Å². The maximum absolute atomic E-state index is 13.1. The number of carbonyl (C=O) groups is 1. The van der Waals surface area contributed by atoms with Crippen LogP contribution in [0.2, 0.25) is 0 Å². The molecule has 0 saturated carbocycles. The molecule has 0 atom stereocenters. The minimum atomic E-state index is -3.87. The summed E-state index contributed by atoms with van der Waals surface area (Å²) >= 11 is 0. The van der Waals surface area contributed by atoms with Crippen LogP contribution in [-0.4, -0.2) is 52.6 Å². The van der Waals surface area contributed by atoms with E-state index in [4.69, 9.17) is 9.47 Å². The van der Waals surface area contributed by atoms with Gasteiger partial charge >= 0.3 is 0 Å². The first kappa shape index (κ1) is 24.7. The first-order valence-electron chi connectivity index (χ1n) is 11.3. The van der Waals surface area contributed by atoms with Crippen molar-refractivity contribution in [2.75, 3.05) is 43.5 Å². The molecule has 0 unspecified atom stereocenters. The van der Waals surface area contributed by atoms with Crippen LogP contribution in [0.5, 0.6) is 5.75 Å². The first-order chi connectivity index (χ1) is 16.8. The Bertz CT molecular complexity index is 1290. The van der Waals surface area contributed by atoms with E-state index in [1.165, 1.54) is 6.07 Å². The Morgan fingerprint density at radius 3 is 2.43 bits per heavy atom. The van der Waals surface area contributed by atoms with Crippen molar-refractivity contribution in [2.24, 2.45) is 0 Å². The van der Waals surface area contributed by atoms with Crippen LogP contribution in [0, 0.1) is 6.92 Å². The van der Waals surface area contributed by atoms with Crippen LogP contribution < -0.4 is 14.8 Å². The summed E-state index contributed by atoms with van der Waals surface area (Å²) in [6, 6.07) is 18.9. The SMILES string of the molecule is COc1ccc(NS(=O)(=O)c2cc(NC(=O)c3cccc(CN4CCOCC4)c3)ccc2C)cc1. The van der Waals surface area contributed by atoms with Gasteiger partial charge in [0.15, 0.2) is 0 Å². The van der Waals surface area contributed by atoms with Gasteiger partial charge in [0.1, 0.15) is 5.75 Å². The molecule has 0 bridgehead atoms. The van der Waals surface area contributed by atoms with E-state index in [1.54, 1.807) is 56.5 Å². The third-order valence-corrected chi connectivity index (χ3v) is 7.30. The van der Waals surface area contributed by atoms with Crippen LogP contribution in [0.4, 0.5) is 11.4 Å². The van der Waals surface area contributed by atoms with Gasteiger partial charge in [-0.1, -0.05) is 18.2 Å². The number of methoxy groups -OCH3 is 1. The molecule has 9 heteroatoms. The molecule has 1 aliphatic heterocycles. The van der Waals surface area contributed by atoms with Crippen molar-refractivity contribution >= 4 is 27.3 Å². The van der Waals surface area contributed by atoms with Crippen LogP contribution >= 0.6 is 0 Å². The Morgan fingerprint density at radius 1 is 1.00 bits per heavy atom. The van der Waals surface area contributed by atoms with Crippen molar-refractivity contribution in [1.29, 1.82) is 0 Å². The molecule has 2 N–H and O–H groups in total. The largest absolute Gasteiger partial charge is 0.497 e. The molecule has 0 radical (unpaired) electrons. The van der Waals surface area contributed by atoms with Gasteiger partial charge in [-0.3, -0.25) is 14.4 Å². The highest BCUT2D eigenvalue weighted by Crippen LogP contribution is 2.24. The van der Waals surface area contributed by atoms with Gasteiger partial charge in [0, 0.05) is 36.6 Å². The quantitative estimate of drug-likeness (QED) is 0.492. The van der Waals surface area contributed by atoms with Gasteiger partial charge in [0.25, 0.3) is 15.9 Å². The number of nitrogens with zero attached hydrogens (tertiary/aromatic N) is 1. The van der Waals surface area contributed by atoms with Crippen LogP contribution in [0.3, 0.4) is 0 Å². The van der Waals surface area contributed by atoms with Crippen molar-refractivity contribution in [3.8, 4) is 5.75 Å². The standard InChI is InChI=1S/C26H29N3O5S/c1-19-6-7-23(17-25(19)35(31,32)28-22-8-10-24(33-2)11-9-22)27-26(30)21-5-3-4-20(16-21)18-29-12-14-34-15-13-29/h3-11,16-17,28H,12-15,18H2,1-2H3,(H,27,30). The van der Waals surface area contributed by atoms with E-state index in [-0.39, 0.29) is 10.8 Å². The lowest BCUT2D eigenvalue weighted by atomic mass is 10.1. The summed E-state index contributed by atoms with van der Waals surface area (Å²) in [4.78, 5) is 15.3. The predicted molar refractivity (Wildman–Crippen MR) is 135 cm³/mol. The second-order valence-electron chi connectivity index (χ2n) is 8.36. The number of benzene rings is 3. The molecular weight excluding hydrogens is 466 g/mol. The van der Waals surface area contributed by atoms with Crippen LogP contribution in [0.25, 0.3) is 0 Å². The van der Waals surface area contributed by atoms with Crippen LogP contribution in [-0.2, 0) is 21.3 Å². The minimum absolute atomic E-state index is 0.0900. The molecule has 184 valence electrons. The lowest BCUT2D eigenvalue weighted by Gasteiger charge is -2.26. The minimum Gasteiger partial charge on any atom is -0.497 e. The Kier molecular flexibility index (Phi) is 7.70. The summed E-state index contributed by atoms with van der Waals surface area (Å²) in [6.07, 6.45) is 0. The maximum Gasteiger partial charge on any atom is 0.262 e. The van der Waals surface area contributed by atoms with Gasteiger partial charge < -0.3 is 14.8 Å². The Balaban J connectivity index is 1.48. The average molecular weight is 496 g/mol. The Morgan fingerprint density at radius 2 is 1.71 bits per heavy atom. The van der Waals surface area contributed by atoms with Gasteiger partial charge in [-0.05, 0) is 66.6 Å². The summed E-state index contributed by atoms with van der Waals surface area (Å²) in [7, 11) is -2.32. The van der Waals surface area contributed by atoms with E-state index in [1.807, 2.05) is 18.2 Å². The van der Waals surface area contributed by atoms with Crippen molar-refractivity contribution in [1.82, 2.24) is 4.90 Å². The molecule has 35 heavy (non-hydrogen) atoms. The van der Waals surface area contributed by atoms with Crippen molar-refractivity contribution < 1.29 is 22.7 Å². The summed E-state index contributed by atoms with van der Waals surface area (Å²) in [5.74, 6) is 0.326. The van der Waals surface area contributed by atoms with Crippen LogP contribution in [0.15, 0.2) is 71.6 Å². The number of anilines is 2. The van der Waals surface area contributed by atoms with E-state index in [0.29, 0.717) is 41.5 Å². The van der Waals surface area contributed by atoms with Crippen LogP contribution in [0.1, 0.15) is 21.5 Å². The molecule has 3 aromatic rings. The Labute approximate surface area is 205 Å². The average Bonchev–Trinajstić information content (AvgIpc) is 2.86. The van der Waals surface area contributed by atoms with Gasteiger partial charge in [0.05, 0.1) is 25.2 Å². The highest BCUT2D eigenvalue weighted by atomic mass is 32.2. The number of sulfonamides is 1. The van der Waals surface area contributed by atoms with Gasteiger partial charge in [0.2, 0.25) is 0 Å². The summed E-state index contributed by atoms with van der Waals surface area (Å²) in [5, 5.41) is 2.83. The first-order valence-corrected chi connectivity index (χ1v) is 12.8.